The molecule has 1 fully saturated rings. The summed E-state index contributed by atoms with van der Waals surface area (Å²) in [6, 6.07) is 4.01. The lowest BCUT2D eigenvalue weighted by Crippen LogP contribution is -2.38. The number of carbonyl (C=O) groups excluding carboxylic acids is 3. The Morgan fingerprint density at radius 3 is 2.46 bits per heavy atom. The molecule has 1 aliphatic carbocycles. The van der Waals surface area contributed by atoms with Crippen molar-refractivity contribution in [2.45, 2.75) is 51.3 Å². The van der Waals surface area contributed by atoms with Gasteiger partial charge in [0.1, 0.15) is 12.2 Å². The van der Waals surface area contributed by atoms with E-state index in [1.165, 1.54) is 19.2 Å². The van der Waals surface area contributed by atoms with Crippen LogP contribution < -0.4 is 10.6 Å². The third kappa shape index (κ3) is 6.92. The molecule has 0 heterocycles. The molecular formula is C19H25ClN2O6. The number of rotatable bonds is 6. The smallest absolute Gasteiger partial charge is 0.408 e. The van der Waals surface area contributed by atoms with Crippen molar-refractivity contribution in [2.24, 2.45) is 0 Å². The van der Waals surface area contributed by atoms with Gasteiger partial charge in [0.15, 0.2) is 0 Å². The first kappa shape index (κ1) is 21.8. The van der Waals surface area contributed by atoms with E-state index in [9.17, 15) is 14.4 Å². The minimum atomic E-state index is -0.750. The average molecular weight is 413 g/mol. The highest BCUT2D eigenvalue weighted by Crippen LogP contribution is 2.24. The molecule has 154 valence electrons. The molecule has 8 nitrogen and oxygen atoms in total. The minimum absolute atomic E-state index is 0.139. The minimum Gasteiger partial charge on any atom is -0.465 e. The van der Waals surface area contributed by atoms with E-state index >= 15 is 0 Å². The van der Waals surface area contributed by atoms with Gasteiger partial charge in [0.25, 0.3) is 0 Å². The zero-order chi connectivity index (χ0) is 20.9. The predicted octanol–water partition coefficient (Wildman–Crippen LogP) is 3.58. The number of hydrogen-bond donors (Lipinski definition) is 2. The van der Waals surface area contributed by atoms with Crippen molar-refractivity contribution in [1.82, 2.24) is 10.6 Å². The second-order valence-electron chi connectivity index (χ2n) is 7.45. The van der Waals surface area contributed by atoms with Crippen LogP contribution in [-0.2, 0) is 14.2 Å². The maximum atomic E-state index is 12.2. The zero-order valence-electron chi connectivity index (χ0n) is 16.3. The van der Waals surface area contributed by atoms with Crippen molar-refractivity contribution in [3.63, 3.8) is 0 Å². The molecule has 1 aromatic carbocycles. The number of ether oxygens (including phenoxy) is 3. The fourth-order valence-corrected chi connectivity index (χ4v) is 2.49. The first-order valence-corrected chi connectivity index (χ1v) is 9.27. The fourth-order valence-electron chi connectivity index (χ4n) is 2.29. The largest absolute Gasteiger partial charge is 0.465 e. The molecule has 0 aliphatic heterocycles. The maximum absolute atomic E-state index is 12.2. The van der Waals surface area contributed by atoms with Gasteiger partial charge in [-0.05, 0) is 51.3 Å². The van der Waals surface area contributed by atoms with Crippen molar-refractivity contribution in [2.75, 3.05) is 13.7 Å². The Balaban J connectivity index is 2.17. The van der Waals surface area contributed by atoms with Gasteiger partial charge in [-0.15, -0.1) is 0 Å². The lowest BCUT2D eigenvalue weighted by atomic mass is 10.0. The third-order valence-electron chi connectivity index (χ3n) is 3.77. The average Bonchev–Trinajstić information content (AvgIpc) is 3.40. The molecule has 28 heavy (non-hydrogen) atoms. The van der Waals surface area contributed by atoms with Crippen LogP contribution in [0, 0.1) is 0 Å². The van der Waals surface area contributed by atoms with Gasteiger partial charge in [0.2, 0.25) is 0 Å². The van der Waals surface area contributed by atoms with E-state index in [0.29, 0.717) is 5.56 Å². The number of alkyl carbamates (subject to hydrolysis) is 2. The highest BCUT2D eigenvalue weighted by atomic mass is 35.5. The zero-order valence-corrected chi connectivity index (χ0v) is 17.1. The van der Waals surface area contributed by atoms with Crippen LogP contribution in [0.5, 0.6) is 0 Å². The highest BCUT2D eigenvalue weighted by molar-refractivity contribution is 6.33. The van der Waals surface area contributed by atoms with Gasteiger partial charge in [-0.25, -0.2) is 14.4 Å². The van der Waals surface area contributed by atoms with Crippen molar-refractivity contribution in [3.05, 3.63) is 34.3 Å². The Kier molecular flexibility index (Phi) is 7.12. The van der Waals surface area contributed by atoms with Gasteiger partial charge in [-0.3, -0.25) is 0 Å². The molecule has 0 aromatic heterocycles. The summed E-state index contributed by atoms with van der Waals surface area (Å²) in [4.78, 5) is 36.0. The van der Waals surface area contributed by atoms with Crippen LogP contribution in [0.15, 0.2) is 18.2 Å². The summed E-state index contributed by atoms with van der Waals surface area (Å²) in [5.74, 6) is -0.615. The summed E-state index contributed by atoms with van der Waals surface area (Å²) in [5.41, 5.74) is -0.0503. The van der Waals surface area contributed by atoms with Crippen LogP contribution in [0.3, 0.4) is 0 Å². The molecule has 0 bridgehead atoms. The van der Waals surface area contributed by atoms with E-state index in [1.807, 2.05) is 0 Å². The van der Waals surface area contributed by atoms with Gasteiger partial charge in [0.05, 0.1) is 23.7 Å². The molecular weight excluding hydrogens is 388 g/mol. The van der Waals surface area contributed by atoms with Gasteiger partial charge in [0, 0.05) is 6.04 Å². The summed E-state index contributed by atoms with van der Waals surface area (Å²) in [7, 11) is 1.24. The molecule has 1 atom stereocenters. The molecule has 0 unspecified atom stereocenters. The van der Waals surface area contributed by atoms with E-state index in [1.54, 1.807) is 26.8 Å². The Hall–Kier alpha value is -2.48. The molecule has 9 heteroatoms. The van der Waals surface area contributed by atoms with E-state index in [-0.39, 0.29) is 23.2 Å². The standard InChI is InChI=1S/C19H25ClN2O6/c1-19(2,3)28-18(25)22-15(10-27-17(24)21-12-6-7-12)11-5-8-14(20)13(9-11)16(23)26-4/h5,8-9,12,15H,6-7,10H2,1-4H3,(H,21,24)(H,22,25)/t15-/m1/s1. The molecule has 0 spiro atoms. The second-order valence-corrected chi connectivity index (χ2v) is 7.85. The number of carbonyl (C=O) groups is 3. The van der Waals surface area contributed by atoms with Crippen molar-refractivity contribution < 1.29 is 28.6 Å². The predicted molar refractivity (Wildman–Crippen MR) is 102 cm³/mol. The molecule has 1 saturated carbocycles. The topological polar surface area (TPSA) is 103 Å². The van der Waals surface area contributed by atoms with Crippen LogP contribution in [-0.4, -0.2) is 43.5 Å². The first-order chi connectivity index (χ1) is 13.1. The number of amides is 2. The summed E-state index contributed by atoms with van der Waals surface area (Å²) in [6.07, 6.45) is 0.599. The van der Waals surface area contributed by atoms with Crippen LogP contribution in [0.4, 0.5) is 9.59 Å². The van der Waals surface area contributed by atoms with E-state index < -0.39 is 29.8 Å². The summed E-state index contributed by atoms with van der Waals surface area (Å²) < 4.78 is 15.2. The second kappa shape index (κ2) is 9.14. The lowest BCUT2D eigenvalue weighted by molar-refractivity contribution is 0.0470. The summed E-state index contributed by atoms with van der Waals surface area (Å²) in [5, 5.41) is 5.56. The summed E-state index contributed by atoms with van der Waals surface area (Å²) >= 11 is 6.05. The van der Waals surface area contributed by atoms with E-state index in [2.05, 4.69) is 10.6 Å². The van der Waals surface area contributed by atoms with Crippen LogP contribution in [0.2, 0.25) is 5.02 Å². The molecule has 1 aromatic rings. The van der Waals surface area contributed by atoms with Crippen LogP contribution in [0.25, 0.3) is 0 Å². The Morgan fingerprint density at radius 1 is 1.21 bits per heavy atom. The van der Waals surface area contributed by atoms with Crippen LogP contribution in [0.1, 0.15) is 55.6 Å². The molecule has 2 N–H and O–H groups in total. The number of hydrogen-bond acceptors (Lipinski definition) is 6. The molecule has 1 aliphatic rings. The van der Waals surface area contributed by atoms with Crippen molar-refractivity contribution >= 4 is 29.8 Å². The number of halogens is 1. The van der Waals surface area contributed by atoms with Gasteiger partial charge < -0.3 is 24.8 Å². The highest BCUT2D eigenvalue weighted by Gasteiger charge is 2.26. The van der Waals surface area contributed by atoms with Gasteiger partial charge in [-0.1, -0.05) is 17.7 Å². The van der Waals surface area contributed by atoms with Gasteiger partial charge in [-0.2, -0.15) is 0 Å². The quantitative estimate of drug-likeness (QED) is 0.546. The monoisotopic (exact) mass is 412 g/mol. The first-order valence-electron chi connectivity index (χ1n) is 8.89. The molecule has 0 radical (unpaired) electrons. The van der Waals surface area contributed by atoms with E-state index in [4.69, 9.17) is 25.8 Å². The van der Waals surface area contributed by atoms with Gasteiger partial charge >= 0.3 is 18.2 Å². The SMILES string of the molecule is COC(=O)c1cc([C@@H](COC(=O)NC2CC2)NC(=O)OC(C)(C)C)ccc1Cl. The number of methoxy groups -OCH3 is 1. The fraction of sp³-hybridized carbons (Fsp3) is 0.526. The Morgan fingerprint density at radius 2 is 1.89 bits per heavy atom. The maximum Gasteiger partial charge on any atom is 0.408 e. The Labute approximate surface area is 168 Å². The Bertz CT molecular complexity index is 742. The summed E-state index contributed by atoms with van der Waals surface area (Å²) in [6.45, 7) is 5.05. The normalized spacial score (nSPS) is 14.6. The third-order valence-corrected chi connectivity index (χ3v) is 4.10. The molecule has 2 amide bonds. The lowest BCUT2D eigenvalue weighted by Gasteiger charge is -2.24. The van der Waals surface area contributed by atoms with Crippen LogP contribution >= 0.6 is 11.6 Å². The van der Waals surface area contributed by atoms with E-state index in [0.717, 1.165) is 12.8 Å². The van der Waals surface area contributed by atoms with Crippen molar-refractivity contribution in [3.8, 4) is 0 Å². The molecule has 0 saturated heterocycles. The number of benzene rings is 1. The number of nitrogens with one attached hydrogen (secondary N) is 2. The van der Waals surface area contributed by atoms with Crippen molar-refractivity contribution in [1.29, 1.82) is 0 Å². The number of esters is 1. The molecule has 2 rings (SSSR count).